The van der Waals surface area contributed by atoms with E-state index in [1.807, 2.05) is 19.1 Å². The second-order valence-corrected chi connectivity index (χ2v) is 7.74. The van der Waals surface area contributed by atoms with E-state index in [4.69, 9.17) is 11.6 Å². The van der Waals surface area contributed by atoms with Crippen LogP contribution in [0.4, 0.5) is 10.2 Å². The first-order chi connectivity index (χ1) is 15.4. The molecule has 1 amide bonds. The van der Waals surface area contributed by atoms with Gasteiger partial charge in [0.25, 0.3) is 5.91 Å². The molecule has 3 aromatic carbocycles. The predicted molar refractivity (Wildman–Crippen MR) is 122 cm³/mol. The largest absolute Gasteiger partial charge is 0.305 e. The second-order valence-electron chi connectivity index (χ2n) is 7.33. The number of ketones is 1. The molecule has 7 heteroatoms. The van der Waals surface area contributed by atoms with Gasteiger partial charge in [0.1, 0.15) is 5.82 Å². The molecule has 0 atom stereocenters. The fraction of sp³-hybridized carbons (Fsp3) is 0.0800. The van der Waals surface area contributed by atoms with Crippen LogP contribution in [0, 0.1) is 12.7 Å². The van der Waals surface area contributed by atoms with Crippen molar-refractivity contribution in [3.63, 3.8) is 0 Å². The van der Waals surface area contributed by atoms with Crippen molar-refractivity contribution >= 4 is 29.1 Å². The van der Waals surface area contributed by atoms with Gasteiger partial charge >= 0.3 is 0 Å². The number of hydrogen-bond acceptors (Lipinski definition) is 3. The summed E-state index contributed by atoms with van der Waals surface area (Å²) < 4.78 is 14.8. The molecule has 1 heterocycles. The van der Waals surface area contributed by atoms with Gasteiger partial charge in [-0.1, -0.05) is 65.7 Å². The fourth-order valence-electron chi connectivity index (χ4n) is 3.26. The van der Waals surface area contributed by atoms with Crippen molar-refractivity contribution in [1.29, 1.82) is 0 Å². The Kier molecular flexibility index (Phi) is 6.14. The molecule has 32 heavy (non-hydrogen) atoms. The Morgan fingerprint density at radius 1 is 1.00 bits per heavy atom. The minimum Gasteiger partial charge on any atom is -0.305 e. The molecule has 4 aromatic rings. The van der Waals surface area contributed by atoms with E-state index in [9.17, 15) is 14.0 Å². The van der Waals surface area contributed by atoms with Gasteiger partial charge in [0, 0.05) is 28.4 Å². The van der Waals surface area contributed by atoms with Crippen molar-refractivity contribution in [2.45, 2.75) is 13.5 Å². The summed E-state index contributed by atoms with van der Waals surface area (Å²) in [7, 11) is 0. The van der Waals surface area contributed by atoms with Gasteiger partial charge in [-0.25, -0.2) is 4.39 Å². The molecular formula is C25H19ClFN3O2. The van der Waals surface area contributed by atoms with E-state index in [0.29, 0.717) is 34.1 Å². The van der Waals surface area contributed by atoms with Gasteiger partial charge in [-0.3, -0.25) is 14.3 Å². The molecule has 0 aliphatic heterocycles. The topological polar surface area (TPSA) is 64.0 Å². The van der Waals surface area contributed by atoms with Crippen molar-refractivity contribution in [1.82, 2.24) is 9.78 Å². The standard InChI is InChI=1S/C25H19ClFN3O2/c1-16-6-8-17(9-7-16)24(31)20-4-2-3-5-21(20)25(32)28-23-12-13-30(29-23)15-18-10-11-19(27)14-22(18)26/h2-14H,15H2,1H3,(H,28,29,32). The Morgan fingerprint density at radius 2 is 1.72 bits per heavy atom. The first-order valence-corrected chi connectivity index (χ1v) is 10.3. The molecule has 4 rings (SSSR count). The van der Waals surface area contributed by atoms with Gasteiger partial charge in [-0.2, -0.15) is 5.10 Å². The number of hydrogen-bond donors (Lipinski definition) is 1. The maximum Gasteiger partial charge on any atom is 0.257 e. The molecule has 0 saturated heterocycles. The average molecular weight is 448 g/mol. The molecule has 0 aliphatic rings. The van der Waals surface area contributed by atoms with Crippen molar-refractivity contribution < 1.29 is 14.0 Å². The molecule has 5 nitrogen and oxygen atoms in total. The molecule has 0 bridgehead atoms. The average Bonchev–Trinajstić information content (AvgIpc) is 3.22. The van der Waals surface area contributed by atoms with E-state index in [-0.39, 0.29) is 11.3 Å². The van der Waals surface area contributed by atoms with Crippen LogP contribution < -0.4 is 5.32 Å². The molecule has 0 unspecified atom stereocenters. The summed E-state index contributed by atoms with van der Waals surface area (Å²) in [4.78, 5) is 25.9. The lowest BCUT2D eigenvalue weighted by Gasteiger charge is -2.09. The first kappa shape index (κ1) is 21.5. The number of benzene rings is 3. The highest BCUT2D eigenvalue weighted by Gasteiger charge is 2.19. The molecule has 1 aromatic heterocycles. The zero-order valence-corrected chi connectivity index (χ0v) is 17.9. The highest BCUT2D eigenvalue weighted by Crippen LogP contribution is 2.20. The maximum atomic E-state index is 13.2. The Hall–Kier alpha value is -3.77. The van der Waals surface area contributed by atoms with Crippen LogP contribution in [0.15, 0.2) is 79.0 Å². The predicted octanol–water partition coefficient (Wildman–Crippen LogP) is 5.52. The smallest absolute Gasteiger partial charge is 0.257 e. The minimum atomic E-state index is -0.439. The lowest BCUT2D eigenvalue weighted by molar-refractivity contribution is 0.0996. The number of amides is 1. The maximum absolute atomic E-state index is 13.2. The Balaban J connectivity index is 1.51. The monoisotopic (exact) mass is 447 g/mol. The molecule has 1 N–H and O–H groups in total. The van der Waals surface area contributed by atoms with E-state index in [0.717, 1.165) is 5.56 Å². The summed E-state index contributed by atoms with van der Waals surface area (Å²) in [5.41, 5.74) is 2.82. The van der Waals surface area contributed by atoms with E-state index < -0.39 is 11.7 Å². The third-order valence-electron chi connectivity index (χ3n) is 4.96. The Bertz CT molecular complexity index is 1300. The van der Waals surface area contributed by atoms with Gasteiger partial charge in [0.2, 0.25) is 0 Å². The fourth-order valence-corrected chi connectivity index (χ4v) is 3.49. The number of aromatic nitrogens is 2. The summed E-state index contributed by atoms with van der Waals surface area (Å²) in [6.45, 7) is 2.26. The third-order valence-corrected chi connectivity index (χ3v) is 5.31. The summed E-state index contributed by atoms with van der Waals surface area (Å²) in [5.74, 6) is -0.754. The highest BCUT2D eigenvalue weighted by molar-refractivity contribution is 6.31. The number of nitrogens with one attached hydrogen (secondary N) is 1. The molecule has 160 valence electrons. The van der Waals surface area contributed by atoms with Crippen LogP contribution in [0.2, 0.25) is 5.02 Å². The number of nitrogens with zero attached hydrogens (tertiary/aromatic N) is 2. The number of carbonyl (C=O) groups is 2. The van der Waals surface area contributed by atoms with Gasteiger partial charge in [-0.15, -0.1) is 0 Å². The van der Waals surface area contributed by atoms with Crippen LogP contribution in [-0.2, 0) is 6.54 Å². The van der Waals surface area contributed by atoms with Gasteiger partial charge in [-0.05, 0) is 30.7 Å². The quantitative estimate of drug-likeness (QED) is 0.396. The molecular weight excluding hydrogens is 429 g/mol. The molecule has 0 saturated carbocycles. The number of aryl methyl sites for hydroxylation is 1. The zero-order chi connectivity index (χ0) is 22.7. The summed E-state index contributed by atoms with van der Waals surface area (Å²) >= 11 is 6.07. The lowest BCUT2D eigenvalue weighted by atomic mass is 9.97. The molecule has 0 spiro atoms. The molecule has 0 radical (unpaired) electrons. The van der Waals surface area contributed by atoms with E-state index in [2.05, 4.69) is 10.4 Å². The van der Waals surface area contributed by atoms with Crippen LogP contribution >= 0.6 is 11.6 Å². The lowest BCUT2D eigenvalue weighted by Crippen LogP contribution is -2.17. The Labute approximate surface area is 189 Å². The number of halogens is 2. The van der Waals surface area contributed by atoms with Crippen molar-refractivity contribution in [3.8, 4) is 0 Å². The van der Waals surface area contributed by atoms with Gasteiger partial charge in [0.05, 0.1) is 12.1 Å². The highest BCUT2D eigenvalue weighted by atomic mass is 35.5. The molecule has 0 fully saturated rings. The summed E-state index contributed by atoms with van der Waals surface area (Å²) in [5, 5.41) is 7.35. The van der Waals surface area contributed by atoms with Gasteiger partial charge < -0.3 is 5.32 Å². The SMILES string of the molecule is Cc1ccc(C(=O)c2ccccc2C(=O)Nc2ccn(Cc3ccc(F)cc3Cl)n2)cc1. The van der Waals surface area contributed by atoms with Gasteiger partial charge in [0.15, 0.2) is 11.6 Å². The van der Waals surface area contributed by atoms with E-state index >= 15 is 0 Å². The summed E-state index contributed by atoms with van der Waals surface area (Å²) in [6.07, 6.45) is 1.68. The molecule has 0 aliphatic carbocycles. The second kappa shape index (κ2) is 9.16. The first-order valence-electron chi connectivity index (χ1n) is 9.90. The third kappa shape index (κ3) is 4.76. The minimum absolute atomic E-state index is 0.229. The van der Waals surface area contributed by atoms with Crippen molar-refractivity contribution in [3.05, 3.63) is 118 Å². The normalized spacial score (nSPS) is 10.7. The van der Waals surface area contributed by atoms with Crippen LogP contribution in [0.25, 0.3) is 0 Å². The Morgan fingerprint density at radius 3 is 2.44 bits per heavy atom. The van der Waals surface area contributed by atoms with E-state index in [1.54, 1.807) is 59.4 Å². The zero-order valence-electron chi connectivity index (χ0n) is 17.2. The number of anilines is 1. The number of rotatable bonds is 6. The number of carbonyl (C=O) groups excluding carboxylic acids is 2. The van der Waals surface area contributed by atoms with Crippen LogP contribution in [-0.4, -0.2) is 21.5 Å². The van der Waals surface area contributed by atoms with Crippen LogP contribution in [0.5, 0.6) is 0 Å². The van der Waals surface area contributed by atoms with Crippen LogP contribution in [0.1, 0.15) is 37.4 Å². The van der Waals surface area contributed by atoms with Crippen molar-refractivity contribution in [2.75, 3.05) is 5.32 Å². The summed E-state index contributed by atoms with van der Waals surface area (Å²) in [6, 6.07) is 19.7. The van der Waals surface area contributed by atoms with Crippen molar-refractivity contribution in [2.24, 2.45) is 0 Å². The van der Waals surface area contributed by atoms with Crippen LogP contribution in [0.3, 0.4) is 0 Å². The van der Waals surface area contributed by atoms with E-state index in [1.165, 1.54) is 12.1 Å².